The van der Waals surface area contributed by atoms with E-state index >= 15 is 4.39 Å². The van der Waals surface area contributed by atoms with Gasteiger partial charge in [0.1, 0.15) is 5.82 Å². The van der Waals surface area contributed by atoms with E-state index in [4.69, 9.17) is 21.8 Å². The number of nitrogens with two attached hydrogens (primary N) is 1. The number of halogens is 1. The van der Waals surface area contributed by atoms with E-state index in [1.165, 1.54) is 12.1 Å². The molecule has 2 aromatic carbocycles. The quantitative estimate of drug-likeness (QED) is 0.532. The first-order valence-electron chi connectivity index (χ1n) is 11.7. The lowest BCUT2D eigenvalue weighted by Gasteiger charge is -2.27. The van der Waals surface area contributed by atoms with Crippen molar-refractivity contribution in [3.05, 3.63) is 71.6 Å². The maximum atomic E-state index is 15.1. The lowest BCUT2D eigenvalue weighted by molar-refractivity contribution is 0.0675. The van der Waals surface area contributed by atoms with Crippen molar-refractivity contribution in [2.75, 3.05) is 26.3 Å². The second-order valence-electron chi connectivity index (χ2n) is 6.62. The van der Waals surface area contributed by atoms with Crippen LogP contribution in [0.25, 0.3) is 11.1 Å². The molecule has 4 rings (SSSR count). The van der Waals surface area contributed by atoms with E-state index in [2.05, 4.69) is 10.1 Å². The molecule has 1 saturated heterocycles. The zero-order valence-corrected chi connectivity index (χ0v) is 15.8. The molecule has 2 heterocycles. The SMILES string of the molecule is [2H]c1c([2H])c([2H])c(-c2ccc(C(C)c3cc(N=C(N)N4CCOCC4)on3)cc2F)c([2H])c1[2H]. The fourth-order valence-corrected chi connectivity index (χ4v) is 3.07. The smallest absolute Gasteiger partial charge is 0.253 e. The van der Waals surface area contributed by atoms with E-state index in [9.17, 15) is 0 Å². The number of morpholine rings is 1. The van der Waals surface area contributed by atoms with E-state index in [1.54, 1.807) is 12.1 Å². The number of aliphatic imine (C=N–C) groups is 1. The standard InChI is InChI=1S/C22H23FN4O2/c1-15(17-7-8-18(19(23)13-17)16-5-3-2-4-6-16)20-14-21(29-26-20)25-22(24)27-9-11-28-12-10-27/h2-8,13-15H,9-12H2,1H3,(H2,24,25)/i2D,3D,4D,5D,6D. The van der Waals surface area contributed by atoms with Gasteiger partial charge in [-0.2, -0.15) is 4.99 Å². The van der Waals surface area contributed by atoms with Crippen molar-refractivity contribution in [1.82, 2.24) is 10.1 Å². The summed E-state index contributed by atoms with van der Waals surface area (Å²) in [5.41, 5.74) is 6.87. The largest absolute Gasteiger partial charge is 0.378 e. The molecule has 0 aliphatic carbocycles. The summed E-state index contributed by atoms with van der Waals surface area (Å²) in [6.45, 7) is 4.22. The highest BCUT2D eigenvalue weighted by Gasteiger charge is 2.18. The van der Waals surface area contributed by atoms with Crippen LogP contribution in [0.15, 0.2) is 64.0 Å². The topological polar surface area (TPSA) is 76.9 Å². The molecule has 6 nitrogen and oxygen atoms in total. The predicted octanol–water partition coefficient (Wildman–Crippen LogP) is 3.91. The number of guanidine groups is 1. The van der Waals surface area contributed by atoms with Crippen molar-refractivity contribution in [2.45, 2.75) is 12.8 Å². The van der Waals surface area contributed by atoms with Crippen LogP contribution in [-0.2, 0) is 4.74 Å². The predicted molar refractivity (Wildman–Crippen MR) is 110 cm³/mol. The van der Waals surface area contributed by atoms with Crippen molar-refractivity contribution in [2.24, 2.45) is 10.7 Å². The fraction of sp³-hybridized carbons (Fsp3) is 0.273. The van der Waals surface area contributed by atoms with E-state index in [1.807, 2.05) is 11.8 Å². The summed E-state index contributed by atoms with van der Waals surface area (Å²) in [4.78, 5) is 6.14. The van der Waals surface area contributed by atoms with Crippen molar-refractivity contribution in [1.29, 1.82) is 0 Å². The Balaban J connectivity index is 1.60. The Morgan fingerprint density at radius 2 is 2.00 bits per heavy atom. The molecule has 1 unspecified atom stereocenters. The Bertz CT molecular complexity index is 1230. The Labute approximate surface area is 175 Å². The summed E-state index contributed by atoms with van der Waals surface area (Å²) in [5, 5.41) is 4.03. The summed E-state index contributed by atoms with van der Waals surface area (Å²) in [6, 6.07) is 3.46. The molecular formula is C22H23FN4O2. The number of nitrogens with zero attached hydrogens (tertiary/aromatic N) is 3. The number of ether oxygens (including phenoxy) is 1. The van der Waals surface area contributed by atoms with Gasteiger partial charge in [-0.15, -0.1) is 0 Å². The summed E-state index contributed by atoms with van der Waals surface area (Å²) < 4.78 is 65.2. The lowest BCUT2D eigenvalue weighted by Crippen LogP contribution is -2.44. The van der Waals surface area contributed by atoms with E-state index in [0.717, 1.165) is 0 Å². The van der Waals surface area contributed by atoms with Gasteiger partial charge in [0.15, 0.2) is 5.96 Å². The zero-order chi connectivity index (χ0) is 24.6. The Morgan fingerprint density at radius 1 is 1.24 bits per heavy atom. The second-order valence-corrected chi connectivity index (χ2v) is 6.62. The first kappa shape index (κ1) is 13.9. The van der Waals surface area contributed by atoms with Crippen LogP contribution in [-0.4, -0.2) is 42.3 Å². The molecule has 0 bridgehead atoms. The molecule has 0 amide bonds. The molecule has 0 radical (unpaired) electrons. The van der Waals surface area contributed by atoms with Gasteiger partial charge in [0.05, 0.1) is 25.8 Å². The molecule has 1 aliphatic rings. The number of hydrogen-bond acceptors (Lipinski definition) is 4. The van der Waals surface area contributed by atoms with Gasteiger partial charge >= 0.3 is 0 Å². The normalized spacial score (nSPS) is 18.5. The van der Waals surface area contributed by atoms with Crippen LogP contribution in [0.4, 0.5) is 10.3 Å². The zero-order valence-electron chi connectivity index (χ0n) is 20.8. The molecule has 0 spiro atoms. The van der Waals surface area contributed by atoms with Gasteiger partial charge in [-0.05, 0) is 17.2 Å². The van der Waals surface area contributed by atoms with Crippen LogP contribution in [0.3, 0.4) is 0 Å². The van der Waals surface area contributed by atoms with E-state index in [0.29, 0.717) is 43.5 Å². The molecule has 1 fully saturated rings. The molecule has 1 aromatic heterocycles. The molecule has 7 heteroatoms. The molecular weight excluding hydrogens is 371 g/mol. The minimum atomic E-state index is -0.707. The van der Waals surface area contributed by atoms with Gasteiger partial charge in [0.25, 0.3) is 5.88 Å². The molecule has 1 atom stereocenters. The molecule has 0 saturated carbocycles. The van der Waals surface area contributed by atoms with Crippen LogP contribution in [0.5, 0.6) is 0 Å². The molecule has 2 N–H and O–H groups in total. The Morgan fingerprint density at radius 3 is 2.72 bits per heavy atom. The van der Waals surface area contributed by atoms with Gasteiger partial charge < -0.3 is 19.9 Å². The number of benzene rings is 2. The lowest BCUT2D eigenvalue weighted by atomic mass is 9.95. The van der Waals surface area contributed by atoms with Crippen LogP contribution in [0.2, 0.25) is 0 Å². The molecule has 150 valence electrons. The van der Waals surface area contributed by atoms with Crippen molar-refractivity contribution in [3.63, 3.8) is 0 Å². The van der Waals surface area contributed by atoms with Gasteiger partial charge in [-0.3, -0.25) is 0 Å². The maximum Gasteiger partial charge on any atom is 0.253 e. The van der Waals surface area contributed by atoms with Crippen molar-refractivity contribution >= 4 is 11.8 Å². The van der Waals surface area contributed by atoms with Gasteiger partial charge in [-0.25, -0.2) is 4.39 Å². The van der Waals surface area contributed by atoms with Crippen LogP contribution in [0.1, 0.15) is 31.0 Å². The highest BCUT2D eigenvalue weighted by Crippen LogP contribution is 2.30. The van der Waals surface area contributed by atoms with E-state index in [-0.39, 0.29) is 22.9 Å². The summed E-state index contributed by atoms with van der Waals surface area (Å²) in [7, 11) is 0. The first-order valence-corrected chi connectivity index (χ1v) is 9.19. The molecule has 29 heavy (non-hydrogen) atoms. The van der Waals surface area contributed by atoms with Crippen molar-refractivity contribution in [3.8, 4) is 11.1 Å². The average Bonchev–Trinajstić information content (AvgIpc) is 3.31. The number of rotatable bonds is 4. The second kappa shape index (κ2) is 8.45. The van der Waals surface area contributed by atoms with E-state index < -0.39 is 36.0 Å². The first-order chi connectivity index (χ1) is 16.2. The molecule has 1 aliphatic heterocycles. The summed E-state index contributed by atoms with van der Waals surface area (Å²) >= 11 is 0. The van der Waals surface area contributed by atoms with Crippen LogP contribution in [0, 0.1) is 5.82 Å². The van der Waals surface area contributed by atoms with Gasteiger partial charge in [0, 0.05) is 30.6 Å². The summed E-state index contributed by atoms with van der Waals surface area (Å²) in [6.07, 6.45) is 0. The monoisotopic (exact) mass is 399 g/mol. The number of aromatic nitrogens is 1. The highest BCUT2D eigenvalue weighted by molar-refractivity contribution is 5.80. The van der Waals surface area contributed by atoms with Gasteiger partial charge in [0.2, 0.25) is 0 Å². The third kappa shape index (κ3) is 4.30. The minimum Gasteiger partial charge on any atom is -0.378 e. The third-order valence-corrected chi connectivity index (χ3v) is 4.78. The minimum absolute atomic E-state index is 0.0725. The highest BCUT2D eigenvalue weighted by atomic mass is 19.1. The van der Waals surface area contributed by atoms with Crippen LogP contribution >= 0.6 is 0 Å². The third-order valence-electron chi connectivity index (χ3n) is 4.78. The van der Waals surface area contributed by atoms with Crippen LogP contribution < -0.4 is 5.73 Å². The maximum absolute atomic E-state index is 15.1. The van der Waals surface area contributed by atoms with Crippen molar-refractivity contribution < 1.29 is 20.5 Å². The Hall–Kier alpha value is -3.19. The average molecular weight is 399 g/mol. The van der Waals surface area contributed by atoms with Gasteiger partial charge in [-0.1, -0.05) is 54.4 Å². The fourth-order valence-electron chi connectivity index (χ4n) is 3.07. The Kier molecular flexibility index (Phi) is 4.05. The summed E-state index contributed by atoms with van der Waals surface area (Å²) in [5.74, 6) is -0.545. The molecule has 3 aromatic rings. The number of hydrogen-bond donors (Lipinski definition) is 1.